The van der Waals surface area contributed by atoms with Crippen LogP contribution in [0, 0.1) is 5.82 Å². The Morgan fingerprint density at radius 1 is 1.12 bits per heavy atom. The highest BCUT2D eigenvalue weighted by Crippen LogP contribution is 2.27. The molecule has 0 aliphatic rings. The van der Waals surface area contributed by atoms with Gasteiger partial charge in [0.15, 0.2) is 0 Å². The summed E-state index contributed by atoms with van der Waals surface area (Å²) in [4.78, 5) is 0. The molecule has 0 atom stereocenters. The molecule has 2 aromatic carbocycles. The molecule has 0 spiro atoms. The third-order valence-corrected chi connectivity index (χ3v) is 2.37. The first-order valence-electron chi connectivity index (χ1n) is 4.90. The van der Waals surface area contributed by atoms with E-state index in [9.17, 15) is 4.39 Å². The quantitative estimate of drug-likeness (QED) is 0.784. The molecule has 2 nitrogen and oxygen atoms in total. The molecule has 16 heavy (non-hydrogen) atoms. The van der Waals surface area contributed by atoms with Gasteiger partial charge in [-0.3, -0.25) is 0 Å². The summed E-state index contributed by atoms with van der Waals surface area (Å²) in [5.74, 6) is 0.190. The van der Waals surface area contributed by atoms with Crippen LogP contribution in [0.1, 0.15) is 0 Å². The van der Waals surface area contributed by atoms with E-state index < -0.39 is 0 Å². The highest BCUT2D eigenvalue weighted by atomic mass is 19.1. The summed E-state index contributed by atoms with van der Waals surface area (Å²) in [6, 6.07) is 11.9. The molecule has 0 radical (unpaired) electrons. The lowest BCUT2D eigenvalue weighted by Crippen LogP contribution is -1.89. The fourth-order valence-corrected chi connectivity index (χ4v) is 1.56. The summed E-state index contributed by atoms with van der Waals surface area (Å²) < 4.78 is 18.7. The first kappa shape index (κ1) is 10.5. The summed E-state index contributed by atoms with van der Waals surface area (Å²) >= 11 is 0. The number of hydrogen-bond donors (Lipinski definition) is 1. The predicted molar refractivity (Wildman–Crippen MR) is 62.8 cm³/mol. The van der Waals surface area contributed by atoms with E-state index in [1.165, 1.54) is 13.2 Å². The lowest BCUT2D eigenvalue weighted by atomic mass is 10.0. The molecule has 0 aliphatic heterocycles. The van der Waals surface area contributed by atoms with E-state index in [-0.39, 0.29) is 5.82 Å². The van der Waals surface area contributed by atoms with Crippen molar-refractivity contribution < 1.29 is 9.13 Å². The van der Waals surface area contributed by atoms with Crippen LogP contribution in [0.15, 0.2) is 42.5 Å². The van der Waals surface area contributed by atoms with Crippen LogP contribution in [0.3, 0.4) is 0 Å². The van der Waals surface area contributed by atoms with Crippen LogP contribution in [0.2, 0.25) is 0 Å². The third-order valence-electron chi connectivity index (χ3n) is 2.37. The normalized spacial score (nSPS) is 10.1. The molecule has 0 unspecified atom stereocenters. The van der Waals surface area contributed by atoms with Gasteiger partial charge < -0.3 is 10.5 Å². The van der Waals surface area contributed by atoms with Crippen molar-refractivity contribution in [2.75, 3.05) is 12.8 Å². The summed E-state index contributed by atoms with van der Waals surface area (Å²) in [5.41, 5.74) is 7.56. The average molecular weight is 217 g/mol. The van der Waals surface area contributed by atoms with Crippen molar-refractivity contribution >= 4 is 5.69 Å². The topological polar surface area (TPSA) is 35.2 Å². The number of halogens is 1. The Labute approximate surface area is 93.5 Å². The van der Waals surface area contributed by atoms with Crippen molar-refractivity contribution in [3.63, 3.8) is 0 Å². The number of methoxy groups -OCH3 is 1. The van der Waals surface area contributed by atoms with Crippen LogP contribution < -0.4 is 10.5 Å². The van der Waals surface area contributed by atoms with Gasteiger partial charge in [0.2, 0.25) is 0 Å². The molecule has 82 valence electrons. The highest BCUT2D eigenvalue weighted by molar-refractivity contribution is 5.68. The SMILES string of the molecule is COc1ccc(-c2cccc(N)c2)c(F)c1. The Bertz CT molecular complexity index is 511. The maximum Gasteiger partial charge on any atom is 0.134 e. The largest absolute Gasteiger partial charge is 0.497 e. The van der Waals surface area contributed by atoms with Crippen molar-refractivity contribution in [1.29, 1.82) is 0 Å². The molecule has 2 rings (SSSR count). The van der Waals surface area contributed by atoms with Gasteiger partial charge in [0.05, 0.1) is 7.11 Å². The van der Waals surface area contributed by atoms with Crippen LogP contribution >= 0.6 is 0 Å². The van der Waals surface area contributed by atoms with Crippen LogP contribution in [0.4, 0.5) is 10.1 Å². The Morgan fingerprint density at radius 3 is 2.56 bits per heavy atom. The number of nitrogen functional groups attached to an aromatic ring is 1. The lowest BCUT2D eigenvalue weighted by Gasteiger charge is -2.06. The minimum atomic E-state index is -0.315. The van der Waals surface area contributed by atoms with Crippen molar-refractivity contribution in [1.82, 2.24) is 0 Å². The molecular formula is C13H12FNO. The molecule has 0 saturated carbocycles. The molecule has 0 fully saturated rings. The van der Waals surface area contributed by atoms with Crippen molar-refractivity contribution in [2.45, 2.75) is 0 Å². The maximum absolute atomic E-state index is 13.7. The van der Waals surface area contributed by atoms with Gasteiger partial charge in [-0.2, -0.15) is 0 Å². The van der Waals surface area contributed by atoms with Gasteiger partial charge >= 0.3 is 0 Å². The number of rotatable bonds is 2. The standard InChI is InChI=1S/C13H12FNO/c1-16-11-5-6-12(13(14)8-11)9-3-2-4-10(15)7-9/h2-8H,15H2,1H3. The predicted octanol–water partition coefficient (Wildman–Crippen LogP) is 3.08. The number of nitrogens with two attached hydrogens (primary N) is 1. The minimum Gasteiger partial charge on any atom is -0.497 e. The van der Waals surface area contributed by atoms with Gasteiger partial charge in [-0.05, 0) is 29.8 Å². The van der Waals surface area contributed by atoms with E-state index in [0.717, 1.165) is 5.56 Å². The summed E-state index contributed by atoms with van der Waals surface area (Å²) in [5, 5.41) is 0. The monoisotopic (exact) mass is 217 g/mol. The van der Waals surface area contributed by atoms with E-state index in [1.54, 1.807) is 30.3 Å². The molecule has 0 saturated heterocycles. The number of ether oxygens (including phenoxy) is 1. The average Bonchev–Trinajstić information content (AvgIpc) is 2.28. The van der Waals surface area contributed by atoms with Gasteiger partial charge in [0.1, 0.15) is 11.6 Å². The van der Waals surface area contributed by atoms with Gasteiger partial charge in [0.25, 0.3) is 0 Å². The number of benzene rings is 2. The van der Waals surface area contributed by atoms with Crippen molar-refractivity contribution in [2.24, 2.45) is 0 Å². The first-order chi connectivity index (χ1) is 7.70. The smallest absolute Gasteiger partial charge is 0.134 e. The van der Waals surface area contributed by atoms with Gasteiger partial charge in [-0.15, -0.1) is 0 Å². The van der Waals surface area contributed by atoms with Gasteiger partial charge in [-0.1, -0.05) is 12.1 Å². The van der Waals surface area contributed by atoms with E-state index in [1.807, 2.05) is 6.07 Å². The zero-order chi connectivity index (χ0) is 11.5. The zero-order valence-corrected chi connectivity index (χ0v) is 8.91. The second kappa shape index (κ2) is 4.23. The van der Waals surface area contributed by atoms with Gasteiger partial charge in [0, 0.05) is 17.3 Å². The van der Waals surface area contributed by atoms with Crippen LogP contribution in [-0.2, 0) is 0 Å². The molecular weight excluding hydrogens is 205 g/mol. The molecule has 0 heterocycles. The Morgan fingerprint density at radius 2 is 1.94 bits per heavy atom. The van der Waals surface area contributed by atoms with E-state index in [2.05, 4.69) is 0 Å². The van der Waals surface area contributed by atoms with E-state index in [4.69, 9.17) is 10.5 Å². The molecule has 0 amide bonds. The van der Waals surface area contributed by atoms with E-state index in [0.29, 0.717) is 17.0 Å². The Balaban J connectivity index is 2.48. The molecule has 2 aromatic rings. The zero-order valence-electron chi connectivity index (χ0n) is 8.91. The Hall–Kier alpha value is -2.03. The minimum absolute atomic E-state index is 0.315. The third kappa shape index (κ3) is 1.98. The molecule has 2 N–H and O–H groups in total. The molecule has 3 heteroatoms. The lowest BCUT2D eigenvalue weighted by molar-refractivity contribution is 0.411. The summed E-state index contributed by atoms with van der Waals surface area (Å²) in [6.45, 7) is 0. The van der Waals surface area contributed by atoms with Crippen LogP contribution in [0.25, 0.3) is 11.1 Å². The summed E-state index contributed by atoms with van der Waals surface area (Å²) in [6.07, 6.45) is 0. The number of hydrogen-bond acceptors (Lipinski definition) is 2. The fourth-order valence-electron chi connectivity index (χ4n) is 1.56. The fraction of sp³-hybridized carbons (Fsp3) is 0.0769. The van der Waals surface area contributed by atoms with Crippen LogP contribution in [0.5, 0.6) is 5.75 Å². The highest BCUT2D eigenvalue weighted by Gasteiger charge is 2.06. The maximum atomic E-state index is 13.7. The number of anilines is 1. The summed E-state index contributed by atoms with van der Waals surface area (Å²) in [7, 11) is 1.51. The molecule has 0 aromatic heterocycles. The van der Waals surface area contributed by atoms with Gasteiger partial charge in [-0.25, -0.2) is 4.39 Å². The second-order valence-electron chi connectivity index (χ2n) is 3.47. The van der Waals surface area contributed by atoms with Crippen molar-refractivity contribution in [3.05, 3.63) is 48.3 Å². The van der Waals surface area contributed by atoms with Crippen LogP contribution in [-0.4, -0.2) is 7.11 Å². The van der Waals surface area contributed by atoms with Crippen molar-refractivity contribution in [3.8, 4) is 16.9 Å². The Kier molecular flexibility index (Phi) is 2.77. The molecule has 0 aliphatic carbocycles. The second-order valence-corrected chi connectivity index (χ2v) is 3.47. The first-order valence-corrected chi connectivity index (χ1v) is 4.90. The molecule has 0 bridgehead atoms. The van der Waals surface area contributed by atoms with E-state index >= 15 is 0 Å².